The largest absolute Gasteiger partial charge is 0.326 e. The molecule has 2 rings (SSSR count). The van der Waals surface area contributed by atoms with Gasteiger partial charge >= 0.3 is 0 Å². The fourth-order valence-corrected chi connectivity index (χ4v) is 2.11. The van der Waals surface area contributed by atoms with Crippen molar-refractivity contribution in [3.05, 3.63) is 46.9 Å². The van der Waals surface area contributed by atoms with E-state index in [2.05, 4.69) is 40.8 Å². The van der Waals surface area contributed by atoms with Crippen molar-refractivity contribution < 1.29 is 0 Å². The molecule has 3 nitrogen and oxygen atoms in total. The van der Waals surface area contributed by atoms with Crippen LogP contribution in [0.3, 0.4) is 0 Å². The molecule has 2 aromatic rings. The first-order chi connectivity index (χ1) is 8.63. The van der Waals surface area contributed by atoms with Gasteiger partial charge in [-0.3, -0.25) is 0 Å². The van der Waals surface area contributed by atoms with E-state index in [4.69, 9.17) is 11.6 Å². The lowest BCUT2D eigenvalue weighted by Crippen LogP contribution is -2.19. The monoisotopic (exact) mass is 261 g/mol. The summed E-state index contributed by atoms with van der Waals surface area (Å²) in [6.07, 6.45) is 1.76. The Morgan fingerprint density at radius 1 is 1.17 bits per heavy atom. The van der Waals surface area contributed by atoms with Crippen LogP contribution in [0.25, 0.3) is 0 Å². The van der Waals surface area contributed by atoms with Gasteiger partial charge in [-0.25, -0.2) is 4.98 Å². The summed E-state index contributed by atoms with van der Waals surface area (Å²) in [4.78, 5) is 10.5. The third-order valence-electron chi connectivity index (χ3n) is 2.89. The molecule has 0 aliphatic rings. The van der Waals surface area contributed by atoms with E-state index in [1.807, 2.05) is 19.1 Å². The number of anilines is 2. The van der Waals surface area contributed by atoms with Crippen molar-refractivity contribution in [3.8, 4) is 0 Å². The minimum Gasteiger partial charge on any atom is -0.326 e. The lowest BCUT2D eigenvalue weighted by atomic mass is 10.1. The maximum absolute atomic E-state index is 5.90. The van der Waals surface area contributed by atoms with Crippen LogP contribution < -0.4 is 4.90 Å². The molecule has 0 amide bonds. The molecule has 1 aromatic heterocycles. The quantitative estimate of drug-likeness (QED) is 0.785. The average molecular weight is 262 g/mol. The van der Waals surface area contributed by atoms with Gasteiger partial charge in [0.1, 0.15) is 5.82 Å². The summed E-state index contributed by atoms with van der Waals surface area (Å²) in [5.41, 5.74) is 3.39. The van der Waals surface area contributed by atoms with Gasteiger partial charge in [0.05, 0.1) is 0 Å². The molecule has 0 spiro atoms. The maximum atomic E-state index is 5.90. The maximum Gasteiger partial charge on any atom is 0.224 e. The molecule has 0 unspecified atom stereocenters. The zero-order chi connectivity index (χ0) is 13.1. The number of aromatic nitrogens is 2. The molecule has 0 saturated carbocycles. The molecule has 0 saturated heterocycles. The predicted octanol–water partition coefficient (Wildman–Crippen LogP) is 3.90. The smallest absolute Gasteiger partial charge is 0.224 e. The van der Waals surface area contributed by atoms with E-state index in [0.29, 0.717) is 0 Å². The molecular formula is C14H16ClN3. The summed E-state index contributed by atoms with van der Waals surface area (Å²) in [5.74, 6) is 0.867. The second kappa shape index (κ2) is 5.36. The molecule has 0 atom stereocenters. The first-order valence-corrected chi connectivity index (χ1v) is 6.33. The number of hydrogen-bond acceptors (Lipinski definition) is 3. The van der Waals surface area contributed by atoms with Gasteiger partial charge in [-0.15, -0.1) is 0 Å². The Balaban J connectivity index is 2.52. The van der Waals surface area contributed by atoms with Gasteiger partial charge in [-0.2, -0.15) is 4.98 Å². The van der Waals surface area contributed by atoms with E-state index in [9.17, 15) is 0 Å². The third kappa shape index (κ3) is 2.46. The number of rotatable bonds is 3. The van der Waals surface area contributed by atoms with Crippen molar-refractivity contribution in [1.82, 2.24) is 9.97 Å². The molecule has 18 heavy (non-hydrogen) atoms. The topological polar surface area (TPSA) is 29.0 Å². The molecule has 94 valence electrons. The number of aryl methyl sites for hydroxylation is 2. The standard InChI is InChI=1S/C14H16ClN3/c1-4-18(12-8-6-5-7-10(12)2)13-11(3)9-16-14(15)17-13/h5-9H,4H2,1-3H3. The summed E-state index contributed by atoms with van der Waals surface area (Å²) in [5, 5.41) is 0.280. The van der Waals surface area contributed by atoms with Crippen LogP contribution in [0.15, 0.2) is 30.5 Å². The number of hydrogen-bond donors (Lipinski definition) is 0. The van der Waals surface area contributed by atoms with Crippen LogP contribution in [-0.4, -0.2) is 16.5 Å². The molecule has 0 radical (unpaired) electrons. The SMILES string of the molecule is CCN(c1ccccc1C)c1nc(Cl)ncc1C. The minimum absolute atomic E-state index is 0.280. The molecule has 0 aliphatic carbocycles. The van der Waals surface area contributed by atoms with Gasteiger partial charge in [-0.05, 0) is 44.0 Å². The van der Waals surface area contributed by atoms with Crippen LogP contribution in [0.5, 0.6) is 0 Å². The summed E-state index contributed by atoms with van der Waals surface area (Å²) < 4.78 is 0. The molecule has 4 heteroatoms. The Hall–Kier alpha value is -1.61. The highest BCUT2D eigenvalue weighted by molar-refractivity contribution is 6.28. The van der Waals surface area contributed by atoms with E-state index in [-0.39, 0.29) is 5.28 Å². The van der Waals surface area contributed by atoms with Gasteiger partial charge in [-0.1, -0.05) is 18.2 Å². The minimum atomic E-state index is 0.280. The normalized spacial score (nSPS) is 10.4. The molecule has 0 N–H and O–H groups in total. The van der Waals surface area contributed by atoms with E-state index < -0.39 is 0 Å². The highest BCUT2D eigenvalue weighted by Gasteiger charge is 2.14. The van der Waals surface area contributed by atoms with Crippen LogP contribution in [0.2, 0.25) is 5.28 Å². The van der Waals surface area contributed by atoms with Crippen molar-refractivity contribution in [3.63, 3.8) is 0 Å². The average Bonchev–Trinajstić information content (AvgIpc) is 2.36. The highest BCUT2D eigenvalue weighted by atomic mass is 35.5. The van der Waals surface area contributed by atoms with Gasteiger partial charge in [0, 0.05) is 24.0 Å². The first-order valence-electron chi connectivity index (χ1n) is 5.95. The number of nitrogens with zero attached hydrogens (tertiary/aromatic N) is 3. The first kappa shape index (κ1) is 12.8. The van der Waals surface area contributed by atoms with E-state index in [1.165, 1.54) is 5.56 Å². The van der Waals surface area contributed by atoms with Gasteiger partial charge in [0.25, 0.3) is 0 Å². The molecule has 1 heterocycles. The number of para-hydroxylation sites is 1. The van der Waals surface area contributed by atoms with Crippen molar-refractivity contribution in [2.75, 3.05) is 11.4 Å². The summed E-state index contributed by atoms with van der Waals surface area (Å²) in [6.45, 7) is 7.02. The van der Waals surface area contributed by atoms with Crippen molar-refractivity contribution in [1.29, 1.82) is 0 Å². The predicted molar refractivity (Wildman–Crippen MR) is 75.6 cm³/mol. The lowest BCUT2D eigenvalue weighted by molar-refractivity contribution is 0.957. The summed E-state index contributed by atoms with van der Waals surface area (Å²) in [6, 6.07) is 8.25. The second-order valence-electron chi connectivity index (χ2n) is 4.18. The lowest BCUT2D eigenvalue weighted by Gasteiger charge is -2.25. The van der Waals surface area contributed by atoms with Crippen molar-refractivity contribution in [2.24, 2.45) is 0 Å². The summed E-state index contributed by atoms with van der Waals surface area (Å²) >= 11 is 5.90. The number of benzene rings is 1. The molecule has 1 aromatic carbocycles. The van der Waals surface area contributed by atoms with Crippen molar-refractivity contribution >= 4 is 23.1 Å². The Kier molecular flexibility index (Phi) is 3.82. The number of halogens is 1. The molecular weight excluding hydrogens is 246 g/mol. The summed E-state index contributed by atoms with van der Waals surface area (Å²) in [7, 11) is 0. The second-order valence-corrected chi connectivity index (χ2v) is 4.51. The van der Waals surface area contributed by atoms with Gasteiger partial charge in [0.2, 0.25) is 5.28 Å². The fourth-order valence-electron chi connectivity index (χ4n) is 1.99. The third-order valence-corrected chi connectivity index (χ3v) is 3.08. The van der Waals surface area contributed by atoms with Crippen LogP contribution in [-0.2, 0) is 0 Å². The fraction of sp³-hybridized carbons (Fsp3) is 0.286. The Morgan fingerprint density at radius 2 is 1.89 bits per heavy atom. The highest BCUT2D eigenvalue weighted by Crippen LogP contribution is 2.29. The van der Waals surface area contributed by atoms with Crippen LogP contribution in [0, 0.1) is 13.8 Å². The van der Waals surface area contributed by atoms with Gasteiger partial charge in [0.15, 0.2) is 0 Å². The van der Waals surface area contributed by atoms with Crippen molar-refractivity contribution in [2.45, 2.75) is 20.8 Å². The Morgan fingerprint density at radius 3 is 2.56 bits per heavy atom. The van der Waals surface area contributed by atoms with Gasteiger partial charge < -0.3 is 4.90 Å². The van der Waals surface area contributed by atoms with E-state index >= 15 is 0 Å². The van der Waals surface area contributed by atoms with Crippen LogP contribution >= 0.6 is 11.6 Å². The zero-order valence-electron chi connectivity index (χ0n) is 10.8. The molecule has 0 bridgehead atoms. The Labute approximate surface area is 112 Å². The van der Waals surface area contributed by atoms with Crippen LogP contribution in [0.1, 0.15) is 18.1 Å². The molecule has 0 aliphatic heterocycles. The Bertz CT molecular complexity index is 554. The van der Waals surface area contributed by atoms with E-state index in [0.717, 1.165) is 23.6 Å². The molecule has 0 fully saturated rings. The van der Waals surface area contributed by atoms with Crippen LogP contribution in [0.4, 0.5) is 11.5 Å². The van der Waals surface area contributed by atoms with E-state index in [1.54, 1.807) is 6.20 Å². The zero-order valence-corrected chi connectivity index (χ0v) is 11.6.